The van der Waals surface area contributed by atoms with Crippen molar-refractivity contribution in [3.8, 4) is 0 Å². The molecule has 10 nitrogen and oxygen atoms in total. The van der Waals surface area contributed by atoms with Gasteiger partial charge in [0.25, 0.3) is 11.8 Å². The second-order valence-electron chi connectivity index (χ2n) is 4.44. The Morgan fingerprint density at radius 2 is 1.95 bits per heavy atom. The fraction of sp³-hybridized carbons (Fsp3) is 0.250. The predicted molar refractivity (Wildman–Crippen MR) is 74.5 cm³/mol. The summed E-state index contributed by atoms with van der Waals surface area (Å²) < 4.78 is 2.63. The highest BCUT2D eigenvalue weighted by Crippen LogP contribution is 2.16. The van der Waals surface area contributed by atoms with Crippen molar-refractivity contribution in [3.63, 3.8) is 0 Å². The molecule has 0 saturated carbocycles. The Kier molecular flexibility index (Phi) is 3.93. The summed E-state index contributed by atoms with van der Waals surface area (Å²) in [5.41, 5.74) is 4.67. The molecule has 0 fully saturated rings. The fourth-order valence-corrected chi connectivity index (χ4v) is 1.85. The van der Waals surface area contributed by atoms with Crippen LogP contribution in [0.4, 0.5) is 5.69 Å². The lowest BCUT2D eigenvalue weighted by Gasteiger charge is -2.02. The fourth-order valence-electron chi connectivity index (χ4n) is 1.85. The molecule has 2 aromatic heterocycles. The average molecular weight is 306 g/mol. The van der Waals surface area contributed by atoms with E-state index in [1.54, 1.807) is 6.92 Å². The van der Waals surface area contributed by atoms with Gasteiger partial charge in [-0.15, -0.1) is 0 Å². The number of aromatic carboxylic acids is 1. The van der Waals surface area contributed by atoms with E-state index < -0.39 is 17.8 Å². The minimum absolute atomic E-state index is 0.0985. The molecule has 0 aliphatic carbocycles. The Morgan fingerprint density at radius 3 is 2.50 bits per heavy atom. The maximum Gasteiger partial charge on any atom is 0.339 e. The Hall–Kier alpha value is -3.17. The number of carboxylic acid groups (broad SMARTS) is 1. The number of carboxylic acids is 1. The van der Waals surface area contributed by atoms with Gasteiger partial charge in [-0.25, -0.2) is 4.79 Å². The molecule has 0 spiro atoms. The number of carbonyl (C=O) groups excluding carboxylic acids is 2. The minimum Gasteiger partial charge on any atom is -0.478 e. The Labute approximate surface area is 124 Å². The number of nitrogens with two attached hydrogens (primary N) is 1. The molecular weight excluding hydrogens is 292 g/mol. The average Bonchev–Trinajstić information content (AvgIpc) is 3.02. The first-order valence-electron chi connectivity index (χ1n) is 6.29. The van der Waals surface area contributed by atoms with Crippen molar-refractivity contribution < 1.29 is 19.5 Å². The summed E-state index contributed by atoms with van der Waals surface area (Å²) in [5.74, 6) is -2.85. The van der Waals surface area contributed by atoms with Crippen LogP contribution in [0.25, 0.3) is 0 Å². The quantitative estimate of drug-likeness (QED) is 0.690. The number of amides is 2. The molecule has 22 heavy (non-hydrogen) atoms. The molecule has 0 unspecified atom stereocenters. The molecular formula is C12H14N6O4. The minimum atomic E-state index is -1.28. The first-order valence-corrected chi connectivity index (χ1v) is 6.29. The highest BCUT2D eigenvalue weighted by atomic mass is 16.4. The second-order valence-corrected chi connectivity index (χ2v) is 4.44. The van der Waals surface area contributed by atoms with E-state index in [0.29, 0.717) is 6.54 Å². The van der Waals surface area contributed by atoms with Gasteiger partial charge in [0.15, 0.2) is 11.4 Å². The zero-order valence-corrected chi connectivity index (χ0v) is 11.9. The van der Waals surface area contributed by atoms with E-state index in [4.69, 9.17) is 10.8 Å². The van der Waals surface area contributed by atoms with Crippen molar-refractivity contribution in [1.82, 2.24) is 19.6 Å². The molecule has 0 saturated heterocycles. The van der Waals surface area contributed by atoms with Gasteiger partial charge in [-0.2, -0.15) is 10.2 Å². The molecule has 0 atom stereocenters. The SMILES string of the molecule is CCn1cc(NC(=O)c2nn(C)cc2C(=O)O)c(C(N)=O)n1. The number of carbonyl (C=O) groups is 3. The zero-order chi connectivity index (χ0) is 16.4. The van der Waals surface area contributed by atoms with E-state index in [1.807, 2.05) is 0 Å². The molecule has 2 heterocycles. The topological polar surface area (TPSA) is 145 Å². The Bertz CT molecular complexity index is 760. The second kappa shape index (κ2) is 5.68. The van der Waals surface area contributed by atoms with Gasteiger partial charge in [0.05, 0.1) is 5.69 Å². The number of aromatic nitrogens is 4. The predicted octanol–water partition coefficient (Wildman–Crippen LogP) is -0.314. The maximum absolute atomic E-state index is 12.2. The number of anilines is 1. The van der Waals surface area contributed by atoms with Crippen LogP contribution < -0.4 is 11.1 Å². The summed E-state index contributed by atoms with van der Waals surface area (Å²) in [6.07, 6.45) is 2.64. The summed E-state index contributed by atoms with van der Waals surface area (Å²) in [6, 6.07) is 0. The van der Waals surface area contributed by atoms with Crippen molar-refractivity contribution in [2.75, 3.05) is 5.32 Å². The summed E-state index contributed by atoms with van der Waals surface area (Å²) in [6.45, 7) is 2.27. The molecule has 0 aliphatic rings. The van der Waals surface area contributed by atoms with E-state index in [0.717, 1.165) is 0 Å². The number of hydrogen-bond acceptors (Lipinski definition) is 5. The standard InChI is InChI=1S/C12H14N6O4/c1-3-18-5-7(9(16-18)10(13)19)14-11(20)8-6(12(21)22)4-17(2)15-8/h4-5H,3H2,1-2H3,(H2,13,19)(H,14,20)(H,21,22). The van der Waals surface area contributed by atoms with E-state index in [1.165, 1.54) is 28.8 Å². The van der Waals surface area contributed by atoms with E-state index in [2.05, 4.69) is 15.5 Å². The van der Waals surface area contributed by atoms with Crippen LogP contribution in [0, 0.1) is 0 Å². The van der Waals surface area contributed by atoms with E-state index >= 15 is 0 Å². The molecule has 0 aliphatic heterocycles. The lowest BCUT2D eigenvalue weighted by Crippen LogP contribution is -2.19. The van der Waals surface area contributed by atoms with Crippen LogP contribution in [-0.2, 0) is 13.6 Å². The molecule has 2 aromatic rings. The van der Waals surface area contributed by atoms with Gasteiger partial charge in [0, 0.05) is 26.0 Å². The molecule has 116 valence electrons. The maximum atomic E-state index is 12.2. The largest absolute Gasteiger partial charge is 0.478 e. The van der Waals surface area contributed by atoms with Crippen molar-refractivity contribution in [1.29, 1.82) is 0 Å². The number of rotatable bonds is 5. The van der Waals surface area contributed by atoms with Crippen molar-refractivity contribution >= 4 is 23.5 Å². The monoisotopic (exact) mass is 306 g/mol. The van der Waals surface area contributed by atoms with Gasteiger partial charge in [-0.05, 0) is 6.92 Å². The number of nitrogens with one attached hydrogen (secondary N) is 1. The summed E-state index contributed by atoms with van der Waals surface area (Å²) in [5, 5.41) is 19.2. The van der Waals surface area contributed by atoms with Crippen LogP contribution >= 0.6 is 0 Å². The number of nitrogens with zero attached hydrogens (tertiary/aromatic N) is 4. The summed E-state index contributed by atoms with van der Waals surface area (Å²) >= 11 is 0. The Morgan fingerprint density at radius 1 is 1.27 bits per heavy atom. The molecule has 2 rings (SSSR count). The third-order valence-electron chi connectivity index (χ3n) is 2.84. The highest BCUT2D eigenvalue weighted by molar-refractivity contribution is 6.11. The zero-order valence-electron chi connectivity index (χ0n) is 11.9. The number of hydrogen-bond donors (Lipinski definition) is 3. The van der Waals surface area contributed by atoms with Crippen LogP contribution in [0.1, 0.15) is 38.3 Å². The lowest BCUT2D eigenvalue weighted by molar-refractivity contribution is 0.0692. The first kappa shape index (κ1) is 15.2. The van der Waals surface area contributed by atoms with Crippen LogP contribution in [-0.4, -0.2) is 42.5 Å². The highest BCUT2D eigenvalue weighted by Gasteiger charge is 2.23. The molecule has 4 N–H and O–H groups in total. The van der Waals surface area contributed by atoms with Gasteiger partial charge >= 0.3 is 5.97 Å². The van der Waals surface area contributed by atoms with Gasteiger partial charge in [-0.3, -0.25) is 19.0 Å². The van der Waals surface area contributed by atoms with Gasteiger partial charge < -0.3 is 16.2 Å². The van der Waals surface area contributed by atoms with Crippen LogP contribution in [0.5, 0.6) is 0 Å². The van der Waals surface area contributed by atoms with Crippen molar-refractivity contribution in [2.45, 2.75) is 13.5 Å². The van der Waals surface area contributed by atoms with Crippen LogP contribution in [0.2, 0.25) is 0 Å². The summed E-state index contributed by atoms with van der Waals surface area (Å²) in [7, 11) is 1.49. The van der Waals surface area contributed by atoms with Crippen molar-refractivity contribution in [2.24, 2.45) is 12.8 Å². The van der Waals surface area contributed by atoms with Gasteiger partial charge in [0.1, 0.15) is 5.56 Å². The smallest absolute Gasteiger partial charge is 0.339 e. The van der Waals surface area contributed by atoms with E-state index in [9.17, 15) is 14.4 Å². The van der Waals surface area contributed by atoms with E-state index in [-0.39, 0.29) is 22.6 Å². The lowest BCUT2D eigenvalue weighted by atomic mass is 10.2. The normalized spacial score (nSPS) is 10.5. The molecule has 0 aromatic carbocycles. The number of primary amides is 1. The third-order valence-corrected chi connectivity index (χ3v) is 2.84. The molecule has 0 radical (unpaired) electrons. The van der Waals surface area contributed by atoms with Crippen molar-refractivity contribution in [3.05, 3.63) is 29.3 Å². The van der Waals surface area contributed by atoms with Gasteiger partial charge in [-0.1, -0.05) is 0 Å². The Balaban J connectivity index is 2.35. The molecule has 2 amide bonds. The number of aryl methyl sites for hydroxylation is 2. The van der Waals surface area contributed by atoms with Crippen LogP contribution in [0.3, 0.4) is 0 Å². The first-order chi connectivity index (χ1) is 10.3. The molecule has 0 bridgehead atoms. The summed E-state index contributed by atoms with van der Waals surface area (Å²) in [4.78, 5) is 34.6. The van der Waals surface area contributed by atoms with Gasteiger partial charge in [0.2, 0.25) is 0 Å². The van der Waals surface area contributed by atoms with Crippen LogP contribution in [0.15, 0.2) is 12.4 Å². The molecule has 10 heteroatoms. The third kappa shape index (κ3) is 2.80.